The van der Waals surface area contributed by atoms with Crippen molar-refractivity contribution in [2.45, 2.75) is 0 Å². The van der Waals surface area contributed by atoms with Crippen molar-refractivity contribution < 1.29 is 0 Å². The van der Waals surface area contributed by atoms with Crippen molar-refractivity contribution in [2.75, 3.05) is 0 Å². The molecule has 3 aromatic rings. The highest BCUT2D eigenvalue weighted by Crippen LogP contribution is 2.53. The lowest BCUT2D eigenvalue weighted by molar-refractivity contribution is 1.05. The van der Waals surface area contributed by atoms with Gasteiger partial charge in [0.1, 0.15) is 0 Å². The maximum Gasteiger partial charge on any atom is 0.0363 e. The highest BCUT2D eigenvalue weighted by atomic mass is 79.9. The molecule has 0 aliphatic heterocycles. The van der Waals surface area contributed by atoms with Crippen LogP contribution >= 0.6 is 15.9 Å². The number of allylic oxidation sites excluding steroid dienone is 16. The Morgan fingerprint density at radius 3 is 1.67 bits per heavy atom. The van der Waals surface area contributed by atoms with E-state index in [0.29, 0.717) is 0 Å². The van der Waals surface area contributed by atoms with E-state index < -0.39 is 0 Å². The van der Waals surface area contributed by atoms with Crippen LogP contribution < -0.4 is 10.4 Å². The lowest BCUT2D eigenvalue weighted by Crippen LogP contribution is -2.24. The van der Waals surface area contributed by atoms with Crippen molar-refractivity contribution >= 4 is 38.2 Å². The van der Waals surface area contributed by atoms with Gasteiger partial charge < -0.3 is 0 Å². The van der Waals surface area contributed by atoms with Crippen LogP contribution in [0.25, 0.3) is 44.5 Å². The fourth-order valence-electron chi connectivity index (χ4n) is 7.62. The Labute approximate surface area is 236 Å². The van der Waals surface area contributed by atoms with Crippen molar-refractivity contribution in [3.8, 4) is 22.3 Å². The summed E-state index contributed by atoms with van der Waals surface area (Å²) in [6, 6.07) is 22.2. The van der Waals surface area contributed by atoms with Gasteiger partial charge >= 0.3 is 0 Å². The van der Waals surface area contributed by atoms with Gasteiger partial charge in [-0.05, 0) is 83.3 Å². The summed E-state index contributed by atoms with van der Waals surface area (Å²) in [7, 11) is 0. The Morgan fingerprint density at radius 2 is 1.00 bits per heavy atom. The summed E-state index contributed by atoms with van der Waals surface area (Å²) in [4.78, 5) is 0. The van der Waals surface area contributed by atoms with E-state index in [0.717, 1.165) is 0 Å². The first-order valence-electron chi connectivity index (χ1n) is 13.6. The quantitative estimate of drug-likeness (QED) is 0.297. The van der Waals surface area contributed by atoms with Crippen molar-refractivity contribution in [3.63, 3.8) is 0 Å². The molecule has 1 heteroatoms. The van der Waals surface area contributed by atoms with E-state index in [1.54, 1.807) is 0 Å². The van der Waals surface area contributed by atoms with Crippen molar-refractivity contribution in [3.05, 3.63) is 165 Å². The zero-order valence-electron chi connectivity index (χ0n) is 21.2. The van der Waals surface area contributed by atoms with Gasteiger partial charge in [-0.15, -0.1) is 0 Å². The van der Waals surface area contributed by atoms with Crippen LogP contribution in [0.4, 0.5) is 0 Å². The normalized spacial score (nSPS) is 22.3. The number of rotatable bonds is 2. The van der Waals surface area contributed by atoms with E-state index in [9.17, 15) is 0 Å². The van der Waals surface area contributed by atoms with Gasteiger partial charge in [-0.25, -0.2) is 0 Å². The average molecular weight is 560 g/mol. The largest absolute Gasteiger partial charge is 0.0622 e. The molecule has 0 saturated carbocycles. The van der Waals surface area contributed by atoms with E-state index in [4.69, 9.17) is 0 Å². The molecule has 0 N–H and O–H groups in total. The van der Waals surface area contributed by atoms with Gasteiger partial charge in [0.2, 0.25) is 0 Å². The molecular formula is C38H23Br. The summed E-state index contributed by atoms with van der Waals surface area (Å²) >= 11 is 3.88. The molecule has 2 unspecified atom stereocenters. The molecule has 0 heterocycles. The van der Waals surface area contributed by atoms with Crippen LogP contribution in [0.3, 0.4) is 0 Å². The van der Waals surface area contributed by atoms with Crippen LogP contribution in [-0.4, -0.2) is 0 Å². The molecule has 0 saturated heterocycles. The van der Waals surface area contributed by atoms with E-state index in [1.807, 2.05) is 0 Å². The fourth-order valence-corrected chi connectivity index (χ4v) is 8.11. The predicted molar refractivity (Wildman–Crippen MR) is 167 cm³/mol. The molecule has 0 fully saturated rings. The SMILES string of the molecule is BrC1=CC=C2c3c(-c4ccccc4)c4c(c(-c5ccccc5)c3=C3C=CC=C1C23)C1=CC=CC2=CC=CC=4C21. The van der Waals surface area contributed by atoms with Crippen molar-refractivity contribution in [1.29, 1.82) is 0 Å². The topological polar surface area (TPSA) is 0 Å². The molecule has 0 bridgehead atoms. The molecular weight excluding hydrogens is 536 g/mol. The number of hydrogen-bond donors (Lipinski definition) is 0. The van der Waals surface area contributed by atoms with Gasteiger partial charge in [0, 0.05) is 16.3 Å². The van der Waals surface area contributed by atoms with E-state index in [-0.39, 0.29) is 11.8 Å². The average Bonchev–Trinajstić information content (AvgIpc) is 3.50. The molecule has 3 aromatic carbocycles. The molecule has 0 radical (unpaired) electrons. The third-order valence-electron chi connectivity index (χ3n) is 9.03. The molecule has 39 heavy (non-hydrogen) atoms. The zero-order valence-corrected chi connectivity index (χ0v) is 22.7. The second-order valence-electron chi connectivity index (χ2n) is 10.9. The van der Waals surface area contributed by atoms with Gasteiger partial charge in [0.15, 0.2) is 0 Å². The highest BCUT2D eigenvalue weighted by Gasteiger charge is 2.42. The summed E-state index contributed by atoms with van der Waals surface area (Å²) in [6.07, 6.45) is 25.3. The molecule has 6 aliphatic rings. The number of benzene rings is 3. The first-order chi connectivity index (χ1) is 19.3. The van der Waals surface area contributed by atoms with Gasteiger partial charge in [-0.1, -0.05) is 137 Å². The molecule has 0 spiro atoms. The highest BCUT2D eigenvalue weighted by molar-refractivity contribution is 9.12. The minimum Gasteiger partial charge on any atom is -0.0622 e. The first kappa shape index (κ1) is 21.7. The number of fused-ring (bicyclic) bond motifs is 4. The van der Waals surface area contributed by atoms with Crippen LogP contribution in [0, 0.1) is 11.8 Å². The summed E-state index contributed by atoms with van der Waals surface area (Å²) in [5, 5.41) is 2.81. The summed E-state index contributed by atoms with van der Waals surface area (Å²) in [6.45, 7) is 0. The lowest BCUT2D eigenvalue weighted by Gasteiger charge is -2.25. The standard InChI is InChI=1S/C38H23Br/c39-30-21-20-29-34-25(30)16-9-19-28(34)37-32(23-10-3-1-4-11-23)35-26-17-7-14-22-15-8-18-27(31(22)26)36(35)33(38(29)37)24-12-5-2-6-13-24/h1-21,31,34H. The Bertz CT molecular complexity index is 2030. The minimum atomic E-state index is 0.246. The van der Waals surface area contributed by atoms with Crippen LogP contribution in [0.2, 0.25) is 0 Å². The Hall–Kier alpha value is -4.20. The molecule has 2 atom stereocenters. The monoisotopic (exact) mass is 558 g/mol. The third kappa shape index (κ3) is 2.78. The molecule has 6 aliphatic carbocycles. The van der Waals surface area contributed by atoms with Crippen LogP contribution in [-0.2, 0) is 0 Å². The van der Waals surface area contributed by atoms with Crippen molar-refractivity contribution in [2.24, 2.45) is 11.8 Å². The smallest absolute Gasteiger partial charge is 0.0363 e. The van der Waals surface area contributed by atoms with Gasteiger partial charge in [-0.3, -0.25) is 0 Å². The van der Waals surface area contributed by atoms with E-state index in [1.165, 1.54) is 81.7 Å². The summed E-state index contributed by atoms with van der Waals surface area (Å²) in [5.41, 5.74) is 16.6. The van der Waals surface area contributed by atoms with Gasteiger partial charge in [0.25, 0.3) is 0 Å². The Kier molecular flexibility index (Phi) is 4.40. The number of halogens is 1. The maximum absolute atomic E-state index is 3.88. The predicted octanol–water partition coefficient (Wildman–Crippen LogP) is 8.20. The second-order valence-corrected chi connectivity index (χ2v) is 11.7. The molecule has 182 valence electrons. The first-order valence-corrected chi connectivity index (χ1v) is 14.4. The Morgan fingerprint density at radius 1 is 0.462 bits per heavy atom. The van der Waals surface area contributed by atoms with Gasteiger partial charge in [-0.2, -0.15) is 0 Å². The molecule has 0 amide bonds. The van der Waals surface area contributed by atoms with E-state index >= 15 is 0 Å². The van der Waals surface area contributed by atoms with Crippen LogP contribution in [0.15, 0.2) is 143 Å². The van der Waals surface area contributed by atoms with E-state index in [2.05, 4.69) is 143 Å². The zero-order chi connectivity index (χ0) is 25.7. The molecule has 0 aromatic heterocycles. The van der Waals surface area contributed by atoms with Crippen LogP contribution in [0.5, 0.6) is 0 Å². The van der Waals surface area contributed by atoms with Crippen molar-refractivity contribution in [1.82, 2.24) is 0 Å². The van der Waals surface area contributed by atoms with Gasteiger partial charge in [0.05, 0.1) is 0 Å². The molecule has 0 nitrogen and oxygen atoms in total. The fraction of sp³-hybridized carbons (Fsp3) is 0.0526. The number of hydrogen-bond acceptors (Lipinski definition) is 0. The second kappa shape index (κ2) is 7.91. The summed E-state index contributed by atoms with van der Waals surface area (Å²) in [5.74, 6) is 0.533. The summed E-state index contributed by atoms with van der Waals surface area (Å²) < 4.78 is 1.18. The third-order valence-corrected chi connectivity index (χ3v) is 9.76. The maximum atomic E-state index is 3.88. The lowest BCUT2D eigenvalue weighted by atomic mass is 9.79. The minimum absolute atomic E-state index is 0.246. The van der Waals surface area contributed by atoms with Crippen LogP contribution in [0.1, 0.15) is 11.1 Å². The Balaban J connectivity index is 1.58. The molecule has 9 rings (SSSR count).